The number of aliphatic hydroxyl groups excluding tert-OH is 1. The van der Waals surface area contributed by atoms with E-state index < -0.39 is 35.3 Å². The lowest BCUT2D eigenvalue weighted by Gasteiger charge is -2.38. The van der Waals surface area contributed by atoms with Crippen molar-refractivity contribution in [2.45, 2.75) is 88.9 Å². The molecule has 3 saturated heterocycles. The number of halogens is 2. The summed E-state index contributed by atoms with van der Waals surface area (Å²) in [4.78, 5) is 58.7. The van der Waals surface area contributed by atoms with Crippen LogP contribution < -0.4 is 30.7 Å². The number of aliphatic hydroxyl groups is 1. The standard InChI is InChI=1S/C55H62F2N8O7/c1-31-41(56)29-44-47(46(31)48-40(50(58)67)16-17-43(71-4)49(48)57)32(2)55(72-44,37-8-6-5-7-9-37)30-59-38-13-10-34(11-14-38)52(68)64-25-20-35(21-26-64)53(69)63-23-18-33(19-24-63)36-12-15-39-42(28-36)62(3)61-51(39)65-27-22-45(66)60-54(65)70/h5-9,12-13,15-17,28-29,32-35,45,59,66H,10-11,14,18-27,30H2,1-4H3,(H2,58,67)(H,60,70)/t32-,34+,45?,55-/m0/s1. The van der Waals surface area contributed by atoms with Crippen LogP contribution in [0.3, 0.4) is 0 Å². The highest BCUT2D eigenvalue weighted by Crippen LogP contribution is 2.56. The van der Waals surface area contributed by atoms with Crippen molar-refractivity contribution >= 4 is 40.5 Å². The number of hydrogen-bond donors (Lipinski definition) is 4. The summed E-state index contributed by atoms with van der Waals surface area (Å²) in [7, 11) is 3.19. The van der Waals surface area contributed by atoms with E-state index in [0.29, 0.717) is 82.6 Å². The molecule has 0 saturated carbocycles. The van der Waals surface area contributed by atoms with Crippen LogP contribution in [0.15, 0.2) is 78.5 Å². The van der Waals surface area contributed by atoms with Crippen molar-refractivity contribution in [3.8, 4) is 22.6 Å². The molecule has 0 radical (unpaired) electrons. The van der Waals surface area contributed by atoms with Crippen molar-refractivity contribution in [1.82, 2.24) is 30.2 Å². The van der Waals surface area contributed by atoms with Crippen LogP contribution in [0, 0.1) is 30.4 Å². The predicted octanol–water partition coefficient (Wildman–Crippen LogP) is 7.48. The number of hydrogen-bond acceptors (Lipinski definition) is 9. The summed E-state index contributed by atoms with van der Waals surface area (Å²) in [5.74, 6) is -1.80. The second-order valence-corrected chi connectivity index (χ2v) is 20.1. The van der Waals surface area contributed by atoms with Gasteiger partial charge in [0.05, 0.1) is 24.7 Å². The number of carbonyl (C=O) groups is 4. The van der Waals surface area contributed by atoms with Crippen LogP contribution in [0.1, 0.15) is 103 Å². The second kappa shape index (κ2) is 19.5. The monoisotopic (exact) mass is 984 g/mol. The maximum atomic E-state index is 16.3. The summed E-state index contributed by atoms with van der Waals surface area (Å²) in [6, 6.07) is 19.6. The molecule has 1 aliphatic carbocycles. The highest BCUT2D eigenvalue weighted by Gasteiger charge is 2.50. The minimum Gasteiger partial charge on any atom is -0.494 e. The van der Waals surface area contributed by atoms with E-state index in [1.807, 2.05) is 60.2 Å². The Bertz CT molecular complexity index is 2980. The first kappa shape index (κ1) is 48.6. The van der Waals surface area contributed by atoms with E-state index >= 15 is 8.78 Å². The van der Waals surface area contributed by atoms with Crippen LogP contribution >= 0.6 is 0 Å². The maximum Gasteiger partial charge on any atom is 0.325 e. The van der Waals surface area contributed by atoms with Crippen molar-refractivity contribution in [1.29, 1.82) is 0 Å². The topological polar surface area (TPSA) is 185 Å². The van der Waals surface area contributed by atoms with Gasteiger partial charge in [-0.05, 0) is 104 Å². The molecule has 4 atom stereocenters. The van der Waals surface area contributed by atoms with E-state index in [1.165, 1.54) is 30.9 Å². The lowest BCUT2D eigenvalue weighted by molar-refractivity contribution is -0.143. The molecule has 17 heteroatoms. The zero-order valence-corrected chi connectivity index (χ0v) is 41.2. The number of allylic oxidation sites excluding steroid dienone is 2. The zero-order chi connectivity index (χ0) is 50.6. The Morgan fingerprint density at radius 2 is 1.62 bits per heavy atom. The minimum absolute atomic E-state index is 0.0996. The van der Waals surface area contributed by atoms with Gasteiger partial charge < -0.3 is 40.7 Å². The first-order valence-electron chi connectivity index (χ1n) is 25.1. The van der Waals surface area contributed by atoms with Crippen LogP contribution in [0.4, 0.5) is 19.4 Å². The number of ether oxygens (including phenoxy) is 2. The number of methoxy groups -OCH3 is 1. The van der Waals surface area contributed by atoms with Crippen molar-refractivity contribution in [3.05, 3.63) is 118 Å². The zero-order valence-electron chi connectivity index (χ0n) is 41.2. The van der Waals surface area contributed by atoms with Gasteiger partial charge in [0.25, 0.3) is 0 Å². The van der Waals surface area contributed by atoms with Gasteiger partial charge in [0.1, 0.15) is 17.8 Å². The number of piperidine rings is 2. The molecule has 1 aromatic heterocycles. The molecule has 15 nitrogen and oxygen atoms in total. The molecule has 3 fully saturated rings. The summed E-state index contributed by atoms with van der Waals surface area (Å²) in [6.07, 6.45) is 6.42. The molecule has 5 heterocycles. The number of benzene rings is 4. The summed E-state index contributed by atoms with van der Waals surface area (Å²) in [5.41, 5.74) is 9.27. The molecule has 0 spiro atoms. The molecule has 10 rings (SSSR count). The van der Waals surface area contributed by atoms with E-state index in [-0.39, 0.29) is 75.9 Å². The van der Waals surface area contributed by atoms with Gasteiger partial charge in [0.15, 0.2) is 23.0 Å². The Morgan fingerprint density at radius 1 is 0.917 bits per heavy atom. The highest BCUT2D eigenvalue weighted by atomic mass is 19.1. The van der Waals surface area contributed by atoms with Crippen molar-refractivity contribution in [2.24, 2.45) is 24.6 Å². The fraction of sp³-hybridized carbons (Fsp3) is 0.436. The number of rotatable bonds is 11. The van der Waals surface area contributed by atoms with Gasteiger partial charge in [0.2, 0.25) is 17.7 Å². The first-order valence-corrected chi connectivity index (χ1v) is 25.1. The molecular weight excluding hydrogens is 923 g/mol. The minimum atomic E-state index is -1.07. The molecule has 5 aliphatic rings. The van der Waals surface area contributed by atoms with Gasteiger partial charge in [-0.25, -0.2) is 13.6 Å². The maximum absolute atomic E-state index is 16.3. The van der Waals surface area contributed by atoms with Crippen molar-refractivity contribution in [3.63, 3.8) is 0 Å². The number of nitrogens with two attached hydrogens (primary N) is 1. The number of aromatic nitrogens is 2. The summed E-state index contributed by atoms with van der Waals surface area (Å²) in [6.45, 7) is 6.59. The van der Waals surface area contributed by atoms with E-state index in [2.05, 4.69) is 33.9 Å². The van der Waals surface area contributed by atoms with Gasteiger partial charge in [-0.1, -0.05) is 49.4 Å². The third-order valence-corrected chi connectivity index (χ3v) is 16.1. The highest BCUT2D eigenvalue weighted by molar-refractivity contribution is 6.02. The van der Waals surface area contributed by atoms with Crippen LogP contribution in [-0.4, -0.2) is 101 Å². The molecule has 5 amide bonds. The normalized spacial score (nSPS) is 22.8. The summed E-state index contributed by atoms with van der Waals surface area (Å²) in [5, 5.41) is 21.6. The number of fused-ring (bicyclic) bond motifs is 2. The fourth-order valence-corrected chi connectivity index (χ4v) is 11.9. The molecule has 5 aromatic rings. The number of anilines is 1. The largest absolute Gasteiger partial charge is 0.494 e. The van der Waals surface area contributed by atoms with E-state index in [0.717, 1.165) is 35.0 Å². The van der Waals surface area contributed by atoms with Gasteiger partial charge in [-0.15, -0.1) is 0 Å². The SMILES string of the molecule is COc1ccc(C(N)=O)c(-c2c(C)c(F)cc3c2[C@H](C)[C@@](CNC2=CC[C@@H](C(=O)N4CCC(C(=O)N5CCC(c6ccc7c(N8CCC(O)NC8=O)nn(C)c7c6)CC5)CC4)CC2)(c2ccccc2)O3)c1F. The molecule has 1 unspecified atom stereocenters. The lowest BCUT2D eigenvalue weighted by atomic mass is 9.76. The van der Waals surface area contributed by atoms with Gasteiger partial charge in [-0.3, -0.25) is 24.0 Å². The molecule has 72 heavy (non-hydrogen) atoms. The third-order valence-electron chi connectivity index (χ3n) is 16.1. The number of carbonyl (C=O) groups excluding carboxylic acids is 4. The average Bonchev–Trinajstić information content (AvgIpc) is 3.87. The van der Waals surface area contributed by atoms with E-state index in [1.54, 1.807) is 16.5 Å². The van der Waals surface area contributed by atoms with Gasteiger partial charge in [-0.2, -0.15) is 5.10 Å². The fourth-order valence-electron chi connectivity index (χ4n) is 11.9. The third kappa shape index (κ3) is 8.68. The average molecular weight is 985 g/mol. The van der Waals surface area contributed by atoms with E-state index in [9.17, 15) is 24.3 Å². The van der Waals surface area contributed by atoms with Gasteiger partial charge in [0, 0.05) is 92.2 Å². The number of aryl methyl sites for hydroxylation is 1. The van der Waals surface area contributed by atoms with Crippen LogP contribution in [0.25, 0.3) is 22.0 Å². The molecule has 4 aliphatic heterocycles. The molecule has 4 aromatic carbocycles. The van der Waals surface area contributed by atoms with Crippen LogP contribution in [0.5, 0.6) is 11.5 Å². The number of primary amides is 1. The van der Waals surface area contributed by atoms with Crippen LogP contribution in [-0.2, 0) is 22.2 Å². The summed E-state index contributed by atoms with van der Waals surface area (Å²) >= 11 is 0. The Morgan fingerprint density at radius 3 is 2.29 bits per heavy atom. The number of urea groups is 1. The van der Waals surface area contributed by atoms with Crippen LogP contribution in [0.2, 0.25) is 0 Å². The first-order chi connectivity index (χ1) is 34.7. The lowest BCUT2D eigenvalue weighted by Crippen LogP contribution is -2.52. The molecule has 378 valence electrons. The van der Waals surface area contributed by atoms with Crippen molar-refractivity contribution < 1.29 is 42.5 Å². The predicted molar refractivity (Wildman–Crippen MR) is 267 cm³/mol. The smallest absolute Gasteiger partial charge is 0.325 e. The number of likely N-dealkylation sites (tertiary alicyclic amines) is 2. The molecular formula is C55H62F2N8O7. The molecule has 0 bridgehead atoms. The number of nitrogens with zero attached hydrogens (tertiary/aromatic N) is 5. The van der Waals surface area contributed by atoms with Gasteiger partial charge >= 0.3 is 6.03 Å². The Labute approximate surface area is 417 Å². The Balaban J connectivity index is 0.751. The number of amides is 5. The Kier molecular flexibility index (Phi) is 13.2. The van der Waals surface area contributed by atoms with Crippen molar-refractivity contribution in [2.75, 3.05) is 51.3 Å². The Hall–Kier alpha value is -7.01. The molecule has 5 N–H and O–H groups in total. The van der Waals surface area contributed by atoms with E-state index in [4.69, 9.17) is 15.2 Å². The number of nitrogens with one attached hydrogen (secondary N) is 2. The quantitative estimate of drug-likeness (QED) is 0.104. The summed E-state index contributed by atoms with van der Waals surface area (Å²) < 4.78 is 46.1. The second-order valence-electron chi connectivity index (χ2n) is 20.1.